The van der Waals surface area contributed by atoms with Gasteiger partial charge in [0.25, 0.3) is 0 Å². The molecule has 1 fully saturated rings. The molecule has 17 heavy (non-hydrogen) atoms. The lowest BCUT2D eigenvalue weighted by atomic mass is 10.1. The number of carbonyl (C=O) groups excluding carboxylic acids is 2. The van der Waals surface area contributed by atoms with Gasteiger partial charge in [-0.25, -0.2) is 0 Å². The lowest BCUT2D eigenvalue weighted by Gasteiger charge is -2.17. The number of carbonyl (C=O) groups is 2. The van der Waals surface area contributed by atoms with E-state index >= 15 is 0 Å². The smallest absolute Gasteiger partial charge is 0.246 e. The summed E-state index contributed by atoms with van der Waals surface area (Å²) in [7, 11) is 1.51. The number of nitrogens with zero attached hydrogens (tertiary/aromatic N) is 2. The number of aromatic nitrogens is 1. The van der Waals surface area contributed by atoms with Gasteiger partial charge in [-0.1, -0.05) is 6.07 Å². The number of likely N-dealkylation sites (N-methyl/N-ethyl adjacent to an activating group) is 1. The molecule has 1 aliphatic heterocycles. The predicted octanol–water partition coefficient (Wildman–Crippen LogP) is 0.489. The Bertz CT molecular complexity index is 433. The largest absolute Gasteiger partial charge is 0.299 e. The molecule has 1 N–H and O–H groups in total. The number of hydrogen-bond donors (Lipinski definition) is 1. The van der Waals surface area contributed by atoms with E-state index in [0.717, 1.165) is 5.56 Å². The SMILES string of the molecule is C[C@@H](NC1CC(=O)N(C)C1=O)c1cccnc1. The number of imide groups is 1. The maximum Gasteiger partial charge on any atom is 0.246 e. The first-order chi connectivity index (χ1) is 8.09. The van der Waals surface area contributed by atoms with Gasteiger partial charge in [-0.05, 0) is 18.6 Å². The minimum atomic E-state index is -0.414. The van der Waals surface area contributed by atoms with Gasteiger partial charge in [-0.15, -0.1) is 0 Å². The molecule has 0 radical (unpaired) electrons. The van der Waals surface area contributed by atoms with Crippen LogP contribution in [0.25, 0.3) is 0 Å². The molecule has 0 bridgehead atoms. The number of likely N-dealkylation sites (tertiary alicyclic amines) is 1. The Balaban J connectivity index is 2.03. The third-order valence-electron chi connectivity index (χ3n) is 3.02. The molecule has 2 rings (SSSR count). The van der Waals surface area contributed by atoms with Crippen LogP contribution in [-0.2, 0) is 9.59 Å². The van der Waals surface area contributed by atoms with Crippen LogP contribution in [-0.4, -0.2) is 34.8 Å². The summed E-state index contributed by atoms with van der Waals surface area (Å²) in [5, 5.41) is 3.15. The summed E-state index contributed by atoms with van der Waals surface area (Å²) in [6, 6.07) is 3.37. The number of rotatable bonds is 3. The molecule has 0 spiro atoms. The van der Waals surface area contributed by atoms with Gasteiger partial charge in [-0.2, -0.15) is 0 Å². The second kappa shape index (κ2) is 4.63. The normalized spacial score (nSPS) is 22.0. The van der Waals surface area contributed by atoms with Gasteiger partial charge in [0.1, 0.15) is 0 Å². The zero-order chi connectivity index (χ0) is 12.4. The molecule has 2 atom stereocenters. The predicted molar refractivity (Wildman–Crippen MR) is 62.0 cm³/mol. The second-order valence-corrected chi connectivity index (χ2v) is 4.22. The molecule has 1 saturated heterocycles. The summed E-state index contributed by atoms with van der Waals surface area (Å²) in [6.07, 6.45) is 3.69. The average Bonchev–Trinajstić information content (AvgIpc) is 2.58. The Morgan fingerprint density at radius 1 is 1.53 bits per heavy atom. The molecule has 2 heterocycles. The molecule has 1 aliphatic rings. The van der Waals surface area contributed by atoms with Crippen molar-refractivity contribution < 1.29 is 9.59 Å². The van der Waals surface area contributed by atoms with Crippen LogP contribution in [0, 0.1) is 0 Å². The van der Waals surface area contributed by atoms with Crippen molar-refractivity contribution >= 4 is 11.8 Å². The maximum atomic E-state index is 11.7. The van der Waals surface area contributed by atoms with Crippen LogP contribution in [0.15, 0.2) is 24.5 Å². The fourth-order valence-corrected chi connectivity index (χ4v) is 1.92. The third kappa shape index (κ3) is 2.34. The highest BCUT2D eigenvalue weighted by Gasteiger charge is 2.36. The monoisotopic (exact) mass is 233 g/mol. The molecule has 0 aliphatic carbocycles. The zero-order valence-corrected chi connectivity index (χ0v) is 9.88. The fourth-order valence-electron chi connectivity index (χ4n) is 1.92. The van der Waals surface area contributed by atoms with E-state index in [0.29, 0.717) is 0 Å². The molecule has 1 aromatic rings. The Kier molecular flexibility index (Phi) is 3.19. The van der Waals surface area contributed by atoms with Gasteiger partial charge in [0, 0.05) is 25.5 Å². The van der Waals surface area contributed by atoms with Crippen LogP contribution in [0.2, 0.25) is 0 Å². The standard InChI is InChI=1S/C12H15N3O2/c1-8(9-4-3-5-13-7-9)14-10-6-11(16)15(2)12(10)17/h3-5,7-8,10,14H,6H2,1-2H3/t8-,10?/m1/s1. The minimum absolute atomic E-state index is 0.00282. The van der Waals surface area contributed by atoms with Gasteiger partial charge in [0.05, 0.1) is 12.5 Å². The number of amides is 2. The summed E-state index contributed by atoms with van der Waals surface area (Å²) < 4.78 is 0. The minimum Gasteiger partial charge on any atom is -0.299 e. The molecule has 90 valence electrons. The first-order valence-electron chi connectivity index (χ1n) is 5.56. The van der Waals surface area contributed by atoms with E-state index in [4.69, 9.17) is 0 Å². The van der Waals surface area contributed by atoms with E-state index in [2.05, 4.69) is 10.3 Å². The number of nitrogens with one attached hydrogen (secondary N) is 1. The van der Waals surface area contributed by atoms with Crippen molar-refractivity contribution in [1.82, 2.24) is 15.2 Å². The van der Waals surface area contributed by atoms with Crippen molar-refractivity contribution in [3.63, 3.8) is 0 Å². The van der Waals surface area contributed by atoms with Crippen molar-refractivity contribution in [2.75, 3.05) is 7.05 Å². The molecule has 5 nitrogen and oxygen atoms in total. The van der Waals surface area contributed by atoms with Crippen LogP contribution in [0.5, 0.6) is 0 Å². The van der Waals surface area contributed by atoms with E-state index in [1.165, 1.54) is 11.9 Å². The third-order valence-corrected chi connectivity index (χ3v) is 3.02. The summed E-state index contributed by atoms with van der Waals surface area (Å²) in [5.41, 5.74) is 1.00. The lowest BCUT2D eigenvalue weighted by Crippen LogP contribution is -2.38. The Labute approximate surface area is 99.8 Å². The molecular weight excluding hydrogens is 218 g/mol. The number of pyridine rings is 1. The molecule has 5 heteroatoms. The van der Waals surface area contributed by atoms with E-state index in [-0.39, 0.29) is 24.3 Å². The highest BCUT2D eigenvalue weighted by Crippen LogP contribution is 2.16. The summed E-state index contributed by atoms with van der Waals surface area (Å²) >= 11 is 0. The Hall–Kier alpha value is -1.75. The summed E-state index contributed by atoms with van der Waals surface area (Å²) in [4.78, 5) is 28.3. The van der Waals surface area contributed by atoms with Gasteiger partial charge in [0.2, 0.25) is 11.8 Å². The maximum absolute atomic E-state index is 11.7. The molecule has 1 unspecified atom stereocenters. The molecular formula is C12H15N3O2. The van der Waals surface area contributed by atoms with E-state index in [1.54, 1.807) is 12.4 Å². The van der Waals surface area contributed by atoms with Crippen LogP contribution >= 0.6 is 0 Å². The fraction of sp³-hybridized carbons (Fsp3) is 0.417. The first-order valence-corrected chi connectivity index (χ1v) is 5.56. The second-order valence-electron chi connectivity index (χ2n) is 4.22. The van der Waals surface area contributed by atoms with Crippen LogP contribution in [0.3, 0.4) is 0 Å². The average molecular weight is 233 g/mol. The highest BCUT2D eigenvalue weighted by atomic mass is 16.2. The zero-order valence-electron chi connectivity index (χ0n) is 9.88. The quantitative estimate of drug-likeness (QED) is 0.772. The Morgan fingerprint density at radius 2 is 2.29 bits per heavy atom. The van der Waals surface area contributed by atoms with E-state index in [9.17, 15) is 9.59 Å². The molecule has 1 aromatic heterocycles. The summed E-state index contributed by atoms with van der Waals surface area (Å²) in [5.74, 6) is -0.295. The number of hydrogen-bond acceptors (Lipinski definition) is 4. The van der Waals surface area contributed by atoms with Crippen molar-refractivity contribution in [1.29, 1.82) is 0 Å². The van der Waals surface area contributed by atoms with E-state index < -0.39 is 6.04 Å². The van der Waals surface area contributed by atoms with Gasteiger partial charge < -0.3 is 0 Å². The first kappa shape index (κ1) is 11.7. The topological polar surface area (TPSA) is 62.3 Å². The van der Waals surface area contributed by atoms with Gasteiger partial charge in [-0.3, -0.25) is 24.8 Å². The highest BCUT2D eigenvalue weighted by molar-refractivity contribution is 6.05. The molecule has 0 aromatic carbocycles. The lowest BCUT2D eigenvalue weighted by molar-refractivity contribution is -0.137. The van der Waals surface area contributed by atoms with Crippen molar-refractivity contribution in [3.05, 3.63) is 30.1 Å². The van der Waals surface area contributed by atoms with Crippen LogP contribution in [0.1, 0.15) is 24.9 Å². The van der Waals surface area contributed by atoms with Crippen molar-refractivity contribution in [2.24, 2.45) is 0 Å². The van der Waals surface area contributed by atoms with Crippen molar-refractivity contribution in [3.8, 4) is 0 Å². The van der Waals surface area contributed by atoms with Crippen LogP contribution < -0.4 is 5.32 Å². The molecule has 2 amide bonds. The Morgan fingerprint density at radius 3 is 2.82 bits per heavy atom. The summed E-state index contributed by atoms with van der Waals surface area (Å²) in [6.45, 7) is 1.95. The van der Waals surface area contributed by atoms with E-state index in [1.807, 2.05) is 19.1 Å². The van der Waals surface area contributed by atoms with Gasteiger partial charge >= 0.3 is 0 Å². The van der Waals surface area contributed by atoms with Crippen molar-refractivity contribution in [2.45, 2.75) is 25.4 Å². The van der Waals surface area contributed by atoms with Gasteiger partial charge in [0.15, 0.2) is 0 Å². The van der Waals surface area contributed by atoms with Crippen LogP contribution in [0.4, 0.5) is 0 Å². The molecule has 0 saturated carbocycles.